The van der Waals surface area contributed by atoms with Gasteiger partial charge in [-0.15, -0.1) is 0 Å². The molecule has 3 N–H and O–H groups in total. The average molecular weight is 325 g/mol. The van der Waals surface area contributed by atoms with Gasteiger partial charge in [-0.25, -0.2) is 4.98 Å². The smallest absolute Gasteiger partial charge is 0.276 e. The molecule has 1 aromatic heterocycles. The van der Waals surface area contributed by atoms with Crippen molar-refractivity contribution in [1.29, 1.82) is 0 Å². The van der Waals surface area contributed by atoms with Gasteiger partial charge in [0, 0.05) is 24.8 Å². The van der Waals surface area contributed by atoms with Crippen molar-refractivity contribution in [3.8, 4) is 5.75 Å². The summed E-state index contributed by atoms with van der Waals surface area (Å²) in [6.07, 6.45) is 3.15. The molecular formula is C18H19N3O3. The first-order valence-corrected chi connectivity index (χ1v) is 7.86. The first kappa shape index (κ1) is 16.0. The van der Waals surface area contributed by atoms with E-state index in [-0.39, 0.29) is 17.4 Å². The Morgan fingerprint density at radius 3 is 2.88 bits per heavy atom. The average Bonchev–Trinajstić information content (AvgIpc) is 3.03. The maximum Gasteiger partial charge on any atom is 0.276 e. The third-order valence-electron chi connectivity index (χ3n) is 4.30. The number of benzene rings is 1. The van der Waals surface area contributed by atoms with Crippen molar-refractivity contribution in [1.82, 2.24) is 9.88 Å². The number of aromatic hydroxyl groups is 1. The number of primary amides is 1. The Morgan fingerprint density at radius 1 is 1.29 bits per heavy atom. The standard InChI is InChI=1S/C18H19N3O3/c19-17(23)14-4-1-3-12(10-14)9-13-6-8-21(11-13)18(24)16-15(22)5-2-7-20-16/h1-5,7,10,13,22H,6,8-9,11H2,(H2,19,23)/t13-/m0/s1. The number of carbonyl (C=O) groups excluding carboxylic acids is 2. The number of likely N-dealkylation sites (tertiary alicyclic amines) is 1. The predicted molar refractivity (Wildman–Crippen MR) is 88.6 cm³/mol. The van der Waals surface area contributed by atoms with Crippen LogP contribution < -0.4 is 5.73 Å². The molecule has 0 spiro atoms. The number of rotatable bonds is 4. The first-order valence-electron chi connectivity index (χ1n) is 7.86. The van der Waals surface area contributed by atoms with Crippen molar-refractivity contribution in [3.63, 3.8) is 0 Å². The molecule has 3 rings (SSSR count). The topological polar surface area (TPSA) is 96.5 Å². The molecule has 6 heteroatoms. The number of nitrogens with zero attached hydrogens (tertiary/aromatic N) is 2. The molecular weight excluding hydrogens is 306 g/mol. The number of pyridine rings is 1. The van der Waals surface area contributed by atoms with E-state index in [0.717, 1.165) is 18.4 Å². The number of nitrogens with two attached hydrogens (primary N) is 1. The van der Waals surface area contributed by atoms with E-state index in [1.54, 1.807) is 23.1 Å². The van der Waals surface area contributed by atoms with Crippen molar-refractivity contribution >= 4 is 11.8 Å². The molecule has 24 heavy (non-hydrogen) atoms. The Kier molecular flexibility index (Phi) is 4.46. The summed E-state index contributed by atoms with van der Waals surface area (Å²) in [5.74, 6) is -0.477. The molecule has 1 aromatic carbocycles. The van der Waals surface area contributed by atoms with Crippen LogP contribution in [0.3, 0.4) is 0 Å². The van der Waals surface area contributed by atoms with Crippen LogP contribution in [-0.4, -0.2) is 39.9 Å². The molecule has 1 atom stereocenters. The summed E-state index contributed by atoms with van der Waals surface area (Å²) < 4.78 is 0. The number of carbonyl (C=O) groups is 2. The number of amides is 2. The third kappa shape index (κ3) is 3.37. The van der Waals surface area contributed by atoms with E-state index < -0.39 is 5.91 Å². The van der Waals surface area contributed by atoms with Gasteiger partial charge in [-0.2, -0.15) is 0 Å². The van der Waals surface area contributed by atoms with Crippen molar-refractivity contribution < 1.29 is 14.7 Å². The second-order valence-corrected chi connectivity index (χ2v) is 6.05. The van der Waals surface area contributed by atoms with Gasteiger partial charge in [0.15, 0.2) is 5.69 Å². The molecule has 2 amide bonds. The quantitative estimate of drug-likeness (QED) is 0.892. The summed E-state index contributed by atoms with van der Waals surface area (Å²) in [4.78, 5) is 29.4. The zero-order valence-electron chi connectivity index (χ0n) is 13.2. The molecule has 2 aromatic rings. The SMILES string of the molecule is NC(=O)c1cccc(C[C@@H]2CCN(C(=O)c3ncccc3O)C2)c1. The lowest BCUT2D eigenvalue weighted by molar-refractivity contribution is 0.0777. The van der Waals surface area contributed by atoms with Gasteiger partial charge in [-0.3, -0.25) is 9.59 Å². The first-order chi connectivity index (χ1) is 11.5. The van der Waals surface area contributed by atoms with Crippen molar-refractivity contribution in [3.05, 3.63) is 59.4 Å². The zero-order chi connectivity index (χ0) is 17.1. The Labute approximate surface area is 139 Å². The molecule has 0 aliphatic carbocycles. The van der Waals surface area contributed by atoms with E-state index in [9.17, 15) is 14.7 Å². The van der Waals surface area contributed by atoms with Gasteiger partial charge in [-0.1, -0.05) is 12.1 Å². The molecule has 1 aliphatic heterocycles. The van der Waals surface area contributed by atoms with Crippen LogP contribution in [0.1, 0.15) is 32.8 Å². The van der Waals surface area contributed by atoms with Crippen LogP contribution in [0.2, 0.25) is 0 Å². The number of hydrogen-bond donors (Lipinski definition) is 2. The highest BCUT2D eigenvalue weighted by atomic mass is 16.3. The molecule has 1 saturated heterocycles. The van der Waals surface area contributed by atoms with Gasteiger partial charge in [0.2, 0.25) is 5.91 Å². The lowest BCUT2D eigenvalue weighted by atomic mass is 9.97. The Bertz CT molecular complexity index is 776. The number of aromatic nitrogens is 1. The fraction of sp³-hybridized carbons (Fsp3) is 0.278. The van der Waals surface area contributed by atoms with Crippen LogP contribution in [0.5, 0.6) is 5.75 Å². The van der Waals surface area contributed by atoms with E-state index in [1.807, 2.05) is 12.1 Å². The van der Waals surface area contributed by atoms with Crippen LogP contribution in [0, 0.1) is 5.92 Å². The monoisotopic (exact) mass is 325 g/mol. The van der Waals surface area contributed by atoms with Crippen LogP contribution in [0.25, 0.3) is 0 Å². The van der Waals surface area contributed by atoms with Gasteiger partial charge in [0.25, 0.3) is 5.91 Å². The summed E-state index contributed by atoms with van der Waals surface area (Å²) in [5.41, 5.74) is 6.93. The molecule has 1 aliphatic rings. The minimum atomic E-state index is -0.439. The maximum atomic E-state index is 12.5. The van der Waals surface area contributed by atoms with Crippen LogP contribution in [0.4, 0.5) is 0 Å². The lowest BCUT2D eigenvalue weighted by Crippen LogP contribution is -2.29. The fourth-order valence-electron chi connectivity index (χ4n) is 3.08. The molecule has 6 nitrogen and oxygen atoms in total. The normalized spacial score (nSPS) is 17.0. The molecule has 2 heterocycles. The Morgan fingerprint density at radius 2 is 2.12 bits per heavy atom. The van der Waals surface area contributed by atoms with E-state index in [1.165, 1.54) is 12.3 Å². The van der Waals surface area contributed by atoms with Gasteiger partial charge in [0.05, 0.1) is 0 Å². The summed E-state index contributed by atoms with van der Waals surface area (Å²) in [6, 6.07) is 10.3. The van der Waals surface area contributed by atoms with Gasteiger partial charge < -0.3 is 15.7 Å². The van der Waals surface area contributed by atoms with Crippen molar-refractivity contribution in [2.75, 3.05) is 13.1 Å². The summed E-state index contributed by atoms with van der Waals surface area (Å²) in [7, 11) is 0. The van der Waals surface area contributed by atoms with E-state index in [2.05, 4.69) is 4.98 Å². The number of hydrogen-bond acceptors (Lipinski definition) is 4. The highest BCUT2D eigenvalue weighted by Gasteiger charge is 2.29. The minimum absolute atomic E-state index is 0.0916. The predicted octanol–water partition coefficient (Wildman–Crippen LogP) is 1.59. The van der Waals surface area contributed by atoms with Gasteiger partial charge in [-0.05, 0) is 48.6 Å². The summed E-state index contributed by atoms with van der Waals surface area (Å²) in [5, 5.41) is 9.77. The van der Waals surface area contributed by atoms with Crippen LogP contribution in [0.15, 0.2) is 42.6 Å². The Balaban J connectivity index is 1.65. The second-order valence-electron chi connectivity index (χ2n) is 6.05. The van der Waals surface area contributed by atoms with Gasteiger partial charge in [0.1, 0.15) is 5.75 Å². The van der Waals surface area contributed by atoms with Crippen molar-refractivity contribution in [2.45, 2.75) is 12.8 Å². The molecule has 0 radical (unpaired) electrons. The summed E-state index contributed by atoms with van der Waals surface area (Å²) in [6.45, 7) is 1.24. The molecule has 0 bridgehead atoms. The molecule has 0 unspecified atom stereocenters. The second kappa shape index (κ2) is 6.70. The summed E-state index contributed by atoms with van der Waals surface area (Å²) >= 11 is 0. The van der Waals surface area contributed by atoms with E-state index in [0.29, 0.717) is 24.6 Å². The molecule has 124 valence electrons. The lowest BCUT2D eigenvalue weighted by Gasteiger charge is -2.16. The van der Waals surface area contributed by atoms with E-state index >= 15 is 0 Å². The zero-order valence-corrected chi connectivity index (χ0v) is 13.2. The Hall–Kier alpha value is -2.89. The largest absolute Gasteiger partial charge is 0.505 e. The minimum Gasteiger partial charge on any atom is -0.505 e. The highest BCUT2D eigenvalue weighted by molar-refractivity contribution is 5.95. The maximum absolute atomic E-state index is 12.5. The van der Waals surface area contributed by atoms with Crippen molar-refractivity contribution in [2.24, 2.45) is 11.7 Å². The molecule has 1 fully saturated rings. The van der Waals surface area contributed by atoms with Gasteiger partial charge >= 0.3 is 0 Å². The highest BCUT2D eigenvalue weighted by Crippen LogP contribution is 2.24. The molecule has 0 saturated carbocycles. The fourth-order valence-corrected chi connectivity index (χ4v) is 3.08. The third-order valence-corrected chi connectivity index (χ3v) is 4.30. The van der Waals surface area contributed by atoms with Crippen LogP contribution >= 0.6 is 0 Å². The van der Waals surface area contributed by atoms with Crippen LogP contribution in [-0.2, 0) is 6.42 Å². The van der Waals surface area contributed by atoms with E-state index in [4.69, 9.17) is 5.73 Å².